The summed E-state index contributed by atoms with van der Waals surface area (Å²) in [7, 11) is 0. The fourth-order valence-corrected chi connectivity index (χ4v) is 2.53. The molecule has 2 amide bonds. The van der Waals surface area contributed by atoms with Gasteiger partial charge in [0.05, 0.1) is 6.26 Å². The molecule has 2 rings (SSSR count). The molecule has 0 unspecified atom stereocenters. The second-order valence-corrected chi connectivity index (χ2v) is 6.97. The van der Waals surface area contributed by atoms with Gasteiger partial charge in [0.1, 0.15) is 11.7 Å². The van der Waals surface area contributed by atoms with Crippen LogP contribution in [-0.4, -0.2) is 28.9 Å². The molecule has 0 spiro atoms. The minimum atomic E-state index is -1.15. The van der Waals surface area contributed by atoms with Gasteiger partial charge in [0.2, 0.25) is 0 Å². The van der Waals surface area contributed by atoms with Crippen LogP contribution in [0.5, 0.6) is 0 Å². The molecular weight excluding hydrogens is 384 g/mol. The second-order valence-electron chi connectivity index (χ2n) is 6.53. The van der Waals surface area contributed by atoms with Crippen LogP contribution in [-0.2, 0) is 9.59 Å². The SMILES string of the molecule is CC(C)C[C@@H](NC(=O)/C(=C\c1ccc(Cl)cc1)NC(=O)c1ccco1)C(=O)O. The number of hydrogen-bond donors (Lipinski definition) is 3. The Hall–Kier alpha value is -3.06. The first-order valence-corrected chi connectivity index (χ1v) is 9.00. The molecule has 7 nitrogen and oxygen atoms in total. The van der Waals surface area contributed by atoms with Gasteiger partial charge in [-0.3, -0.25) is 9.59 Å². The Morgan fingerprint density at radius 3 is 2.39 bits per heavy atom. The molecule has 148 valence electrons. The first-order chi connectivity index (χ1) is 13.3. The van der Waals surface area contributed by atoms with E-state index in [0.29, 0.717) is 10.6 Å². The van der Waals surface area contributed by atoms with Crippen LogP contribution in [0.25, 0.3) is 6.08 Å². The predicted molar refractivity (Wildman–Crippen MR) is 105 cm³/mol. The summed E-state index contributed by atoms with van der Waals surface area (Å²) in [6.45, 7) is 3.70. The molecular formula is C20H21ClN2O5. The van der Waals surface area contributed by atoms with E-state index in [9.17, 15) is 19.5 Å². The summed E-state index contributed by atoms with van der Waals surface area (Å²) in [6.07, 6.45) is 3.02. The van der Waals surface area contributed by atoms with Crippen LogP contribution in [0.3, 0.4) is 0 Å². The molecule has 0 radical (unpaired) electrons. The van der Waals surface area contributed by atoms with E-state index in [4.69, 9.17) is 16.0 Å². The number of furan rings is 1. The lowest BCUT2D eigenvalue weighted by Crippen LogP contribution is -2.44. The number of carbonyl (C=O) groups is 3. The van der Waals surface area contributed by atoms with Gasteiger partial charge < -0.3 is 20.2 Å². The summed E-state index contributed by atoms with van der Waals surface area (Å²) in [5, 5.41) is 14.8. The number of carboxylic acid groups (broad SMARTS) is 1. The lowest BCUT2D eigenvalue weighted by atomic mass is 10.0. The Balaban J connectivity index is 2.28. The lowest BCUT2D eigenvalue weighted by Gasteiger charge is -2.18. The van der Waals surface area contributed by atoms with Crippen LogP contribution in [0.2, 0.25) is 5.02 Å². The number of nitrogens with one attached hydrogen (secondary N) is 2. The highest BCUT2D eigenvalue weighted by Crippen LogP contribution is 2.13. The predicted octanol–water partition coefficient (Wildman–Crippen LogP) is 3.32. The molecule has 0 aliphatic heterocycles. The number of carboxylic acids is 1. The number of aliphatic carboxylic acids is 1. The highest BCUT2D eigenvalue weighted by atomic mass is 35.5. The second kappa shape index (κ2) is 9.75. The van der Waals surface area contributed by atoms with E-state index in [1.54, 1.807) is 30.3 Å². The molecule has 1 heterocycles. The monoisotopic (exact) mass is 404 g/mol. The molecule has 1 aromatic heterocycles. The first kappa shape index (κ1) is 21.2. The van der Waals surface area contributed by atoms with Gasteiger partial charge in [-0.15, -0.1) is 0 Å². The van der Waals surface area contributed by atoms with Crippen LogP contribution in [0, 0.1) is 5.92 Å². The van der Waals surface area contributed by atoms with E-state index in [1.807, 2.05) is 13.8 Å². The molecule has 28 heavy (non-hydrogen) atoms. The summed E-state index contributed by atoms with van der Waals surface area (Å²) in [5.41, 5.74) is 0.490. The van der Waals surface area contributed by atoms with Crippen LogP contribution < -0.4 is 10.6 Å². The van der Waals surface area contributed by atoms with Crippen molar-refractivity contribution in [2.75, 3.05) is 0 Å². The van der Waals surface area contributed by atoms with Gasteiger partial charge in [0, 0.05) is 5.02 Å². The van der Waals surface area contributed by atoms with Crippen LogP contribution >= 0.6 is 11.6 Å². The third-order valence-electron chi connectivity index (χ3n) is 3.73. The Kier molecular flexibility index (Phi) is 7.40. The van der Waals surface area contributed by atoms with Crippen molar-refractivity contribution >= 4 is 35.5 Å². The average Bonchev–Trinajstić information content (AvgIpc) is 3.16. The van der Waals surface area contributed by atoms with Crippen LogP contribution in [0.1, 0.15) is 36.4 Å². The zero-order valence-corrected chi connectivity index (χ0v) is 16.2. The van der Waals surface area contributed by atoms with Crippen LogP contribution in [0.4, 0.5) is 0 Å². The van der Waals surface area contributed by atoms with Crippen molar-refractivity contribution < 1.29 is 23.9 Å². The summed E-state index contributed by atoms with van der Waals surface area (Å²) >= 11 is 5.87. The molecule has 0 bridgehead atoms. The van der Waals surface area contributed by atoms with Crippen molar-refractivity contribution in [2.45, 2.75) is 26.3 Å². The van der Waals surface area contributed by atoms with Crippen molar-refractivity contribution in [3.8, 4) is 0 Å². The summed E-state index contributed by atoms with van der Waals surface area (Å²) < 4.78 is 5.03. The standard InChI is InChI=1S/C20H21ClN2O5/c1-12(2)10-16(20(26)27)23-18(24)15(11-13-5-7-14(21)8-6-13)22-19(25)17-4-3-9-28-17/h3-9,11-12,16H,10H2,1-2H3,(H,22,25)(H,23,24)(H,26,27)/b15-11+/t16-/m1/s1. The molecule has 8 heteroatoms. The maximum absolute atomic E-state index is 12.7. The minimum Gasteiger partial charge on any atom is -0.480 e. The highest BCUT2D eigenvalue weighted by molar-refractivity contribution is 6.30. The molecule has 1 atom stereocenters. The number of carbonyl (C=O) groups excluding carboxylic acids is 2. The molecule has 0 fully saturated rings. The van der Waals surface area contributed by atoms with Gasteiger partial charge in [0.15, 0.2) is 5.76 Å². The number of halogens is 1. The van der Waals surface area contributed by atoms with Crippen molar-refractivity contribution in [3.05, 3.63) is 64.7 Å². The van der Waals surface area contributed by atoms with Crippen molar-refractivity contribution in [1.82, 2.24) is 10.6 Å². The summed E-state index contributed by atoms with van der Waals surface area (Å²) in [4.78, 5) is 36.4. The van der Waals surface area contributed by atoms with Gasteiger partial charge in [-0.2, -0.15) is 0 Å². The number of hydrogen-bond acceptors (Lipinski definition) is 4. The van der Waals surface area contributed by atoms with E-state index >= 15 is 0 Å². The van der Waals surface area contributed by atoms with Gasteiger partial charge in [-0.25, -0.2) is 4.79 Å². The normalized spacial score (nSPS) is 12.5. The largest absolute Gasteiger partial charge is 0.480 e. The van der Waals surface area contributed by atoms with E-state index in [-0.39, 0.29) is 23.8 Å². The van der Waals surface area contributed by atoms with Gasteiger partial charge in [-0.1, -0.05) is 37.6 Å². The van der Waals surface area contributed by atoms with E-state index in [2.05, 4.69) is 10.6 Å². The quantitative estimate of drug-likeness (QED) is 0.585. The average molecular weight is 405 g/mol. The first-order valence-electron chi connectivity index (χ1n) is 8.62. The third kappa shape index (κ3) is 6.28. The van der Waals surface area contributed by atoms with Crippen molar-refractivity contribution in [2.24, 2.45) is 5.92 Å². The molecule has 0 aliphatic rings. The molecule has 0 saturated carbocycles. The molecule has 0 aliphatic carbocycles. The summed E-state index contributed by atoms with van der Waals surface area (Å²) in [5.74, 6) is -2.42. The Morgan fingerprint density at radius 2 is 1.86 bits per heavy atom. The highest BCUT2D eigenvalue weighted by Gasteiger charge is 2.24. The van der Waals surface area contributed by atoms with E-state index < -0.39 is 23.8 Å². The van der Waals surface area contributed by atoms with Gasteiger partial charge in [-0.05, 0) is 48.2 Å². The minimum absolute atomic E-state index is 0.0202. The number of amides is 2. The Labute approximate surface area is 167 Å². The Bertz CT molecular complexity index is 857. The van der Waals surface area contributed by atoms with Gasteiger partial charge in [0.25, 0.3) is 11.8 Å². The zero-order valence-electron chi connectivity index (χ0n) is 15.4. The van der Waals surface area contributed by atoms with E-state index in [0.717, 1.165) is 0 Å². The fraction of sp³-hybridized carbons (Fsp3) is 0.250. The maximum Gasteiger partial charge on any atom is 0.326 e. The van der Waals surface area contributed by atoms with Crippen LogP contribution in [0.15, 0.2) is 52.8 Å². The third-order valence-corrected chi connectivity index (χ3v) is 3.98. The molecule has 0 saturated heterocycles. The number of benzene rings is 1. The van der Waals surface area contributed by atoms with Gasteiger partial charge >= 0.3 is 5.97 Å². The number of rotatable bonds is 8. The molecule has 1 aromatic carbocycles. The smallest absolute Gasteiger partial charge is 0.326 e. The van der Waals surface area contributed by atoms with E-state index in [1.165, 1.54) is 18.4 Å². The summed E-state index contributed by atoms with van der Waals surface area (Å²) in [6, 6.07) is 8.51. The van der Waals surface area contributed by atoms with Crippen molar-refractivity contribution in [1.29, 1.82) is 0 Å². The molecule has 3 N–H and O–H groups in total. The topological polar surface area (TPSA) is 109 Å². The maximum atomic E-state index is 12.7. The lowest BCUT2D eigenvalue weighted by molar-refractivity contribution is -0.141. The van der Waals surface area contributed by atoms with Crippen molar-refractivity contribution in [3.63, 3.8) is 0 Å². The Morgan fingerprint density at radius 1 is 1.18 bits per heavy atom. The molecule has 2 aromatic rings. The zero-order chi connectivity index (χ0) is 20.7. The fourth-order valence-electron chi connectivity index (χ4n) is 2.40.